The molecule has 8 atom stereocenters. The maximum atomic E-state index is 14.5. The summed E-state index contributed by atoms with van der Waals surface area (Å²) in [5, 5.41) is 45.7. The number of nitrogens with one attached hydrogen (secondary N) is 7. The number of hydrogen-bond donors (Lipinski definition) is 12. The number of benzene rings is 2. The van der Waals surface area contributed by atoms with Gasteiger partial charge in [-0.2, -0.15) is 0 Å². The highest BCUT2D eigenvalue weighted by atomic mass is 16.4. The first-order valence-corrected chi connectivity index (χ1v) is 23.5. The lowest BCUT2D eigenvalue weighted by Gasteiger charge is -2.31. The van der Waals surface area contributed by atoms with Crippen LogP contribution in [0.4, 0.5) is 0 Å². The van der Waals surface area contributed by atoms with Crippen molar-refractivity contribution < 1.29 is 53.7 Å². The molecule has 2 aromatic carbocycles. The number of nitrogens with two attached hydrogens (primary N) is 2. The van der Waals surface area contributed by atoms with Gasteiger partial charge in [0.2, 0.25) is 41.4 Å². The van der Waals surface area contributed by atoms with E-state index in [0.29, 0.717) is 23.2 Å². The van der Waals surface area contributed by atoms with Crippen LogP contribution in [-0.2, 0) is 57.6 Å². The number of carboxylic acids is 1. The Labute approximate surface area is 411 Å². The minimum Gasteiger partial charge on any atom is -0.508 e. The number of guanidine groups is 1. The normalized spacial score (nSPS) is 16.3. The zero-order chi connectivity index (χ0) is 52.4. The highest BCUT2D eigenvalue weighted by molar-refractivity contribution is 5.98. The van der Waals surface area contributed by atoms with Crippen molar-refractivity contribution in [2.75, 3.05) is 13.1 Å². The molecule has 4 rings (SSSR count). The van der Waals surface area contributed by atoms with Crippen LogP contribution in [0.1, 0.15) is 77.1 Å². The second-order valence-corrected chi connectivity index (χ2v) is 18.2. The van der Waals surface area contributed by atoms with E-state index in [1.165, 1.54) is 48.6 Å². The summed E-state index contributed by atoms with van der Waals surface area (Å²) in [7, 11) is 0. The number of hydrogen-bond acceptors (Lipinski definition) is 12. The molecule has 14 N–H and O–H groups in total. The van der Waals surface area contributed by atoms with Crippen LogP contribution in [0.25, 0.3) is 0 Å². The van der Waals surface area contributed by atoms with Crippen LogP contribution in [0, 0.1) is 11.8 Å². The van der Waals surface area contributed by atoms with E-state index >= 15 is 0 Å². The molecule has 23 heteroatoms. The zero-order valence-corrected chi connectivity index (χ0v) is 40.6. The van der Waals surface area contributed by atoms with E-state index in [1.807, 2.05) is 0 Å². The number of rotatable bonds is 26. The number of nitrogens with zero attached hydrogens (tertiary/aromatic N) is 3. The smallest absolute Gasteiger partial charge is 0.326 e. The molecule has 7 amide bonds. The maximum Gasteiger partial charge on any atom is 0.326 e. The number of imidazole rings is 1. The number of aromatic hydroxyl groups is 1. The maximum absolute atomic E-state index is 14.5. The average Bonchev–Trinajstić information content (AvgIpc) is 4.04. The third-order valence-corrected chi connectivity index (χ3v) is 11.8. The van der Waals surface area contributed by atoms with Gasteiger partial charge in [0.1, 0.15) is 54.1 Å². The summed E-state index contributed by atoms with van der Waals surface area (Å²) >= 11 is 0. The molecule has 71 heavy (non-hydrogen) atoms. The van der Waals surface area contributed by atoms with Crippen molar-refractivity contribution in [3.05, 3.63) is 83.9 Å². The Morgan fingerprint density at radius 1 is 0.718 bits per heavy atom. The van der Waals surface area contributed by atoms with Crippen LogP contribution in [0.5, 0.6) is 5.75 Å². The summed E-state index contributed by atoms with van der Waals surface area (Å²) in [6.45, 7) is 8.11. The lowest BCUT2D eigenvalue weighted by Crippen LogP contribution is -2.61. The molecule has 0 aliphatic carbocycles. The largest absolute Gasteiger partial charge is 0.508 e. The van der Waals surface area contributed by atoms with Crippen molar-refractivity contribution >= 4 is 53.3 Å². The Balaban J connectivity index is 1.56. The molecule has 1 saturated heterocycles. The summed E-state index contributed by atoms with van der Waals surface area (Å²) in [6.07, 6.45) is 2.11. The Kier molecular flexibility index (Phi) is 21.3. The molecule has 0 bridgehead atoms. The van der Waals surface area contributed by atoms with Gasteiger partial charge in [-0.1, -0.05) is 70.2 Å². The lowest BCUT2D eigenvalue weighted by molar-refractivity contribution is -0.145. The minimum atomic E-state index is -1.45. The van der Waals surface area contributed by atoms with E-state index in [4.69, 9.17) is 11.5 Å². The first kappa shape index (κ1) is 56.0. The number of aromatic amines is 1. The van der Waals surface area contributed by atoms with E-state index in [9.17, 15) is 53.7 Å². The number of H-pyrrole nitrogens is 1. The van der Waals surface area contributed by atoms with E-state index < -0.39 is 108 Å². The van der Waals surface area contributed by atoms with Crippen LogP contribution < -0.4 is 43.4 Å². The molecular formula is C48H68N12O11. The highest BCUT2D eigenvalue weighted by Crippen LogP contribution is 2.21. The fourth-order valence-electron chi connectivity index (χ4n) is 7.88. The molecule has 3 aromatic rings. The van der Waals surface area contributed by atoms with Crippen molar-refractivity contribution in [2.45, 2.75) is 128 Å². The molecular weight excluding hydrogens is 921 g/mol. The van der Waals surface area contributed by atoms with Crippen molar-refractivity contribution in [2.24, 2.45) is 28.3 Å². The van der Waals surface area contributed by atoms with Crippen molar-refractivity contribution in [1.82, 2.24) is 46.8 Å². The number of phenolic OH excluding ortho intramolecular Hbond substituents is 1. The van der Waals surface area contributed by atoms with Crippen LogP contribution >= 0.6 is 0 Å². The van der Waals surface area contributed by atoms with Crippen molar-refractivity contribution in [1.29, 1.82) is 0 Å². The van der Waals surface area contributed by atoms with Gasteiger partial charge in [0.05, 0.1) is 6.33 Å². The van der Waals surface area contributed by atoms with Crippen LogP contribution in [0.3, 0.4) is 0 Å². The van der Waals surface area contributed by atoms with Gasteiger partial charge in [-0.15, -0.1) is 0 Å². The standard InChI is InChI=1S/C48H68N12O11/c1-26(2)38(58-41(64)33(54-40(63)28(5)61)13-9-19-52-48(49)50)44(67)55-34(21-30-15-17-32(62)18-16-30)42(65)59-39(27(3)4)45(68)56-35(23-31-24-51-25-53-31)46(69)60-20-10-14-37(60)43(66)57-36(47(70)71)22-29-11-7-6-8-12-29/h6-8,11-12,15-18,24-28,33-39,61-62H,9-10,13-14,19-23H2,1-5H3,(H,51,53)(H,54,63)(H,55,67)(H,56,68)(H,57,66)(H,58,64)(H,59,65)(H,70,71)(H4,49,50,52)/t28-,33-,34-,35-,36+,37-,38-,39-/m0/s1. The first-order chi connectivity index (χ1) is 33.6. The minimum absolute atomic E-state index is 0.00820. The molecule has 0 unspecified atom stereocenters. The number of carbonyl (C=O) groups excluding carboxylic acids is 7. The Bertz CT molecular complexity index is 2310. The van der Waals surface area contributed by atoms with Gasteiger partial charge in [-0.25, -0.2) is 9.78 Å². The monoisotopic (exact) mass is 989 g/mol. The van der Waals surface area contributed by atoms with Crippen LogP contribution in [0.15, 0.2) is 72.1 Å². The number of amides is 7. The second-order valence-electron chi connectivity index (χ2n) is 18.2. The number of aliphatic imine (C=N–C) groups is 1. The molecule has 0 spiro atoms. The molecule has 0 radical (unpaired) electrons. The summed E-state index contributed by atoms with van der Waals surface area (Å²) in [5.41, 5.74) is 12.5. The SMILES string of the molecule is CC(C)[C@H](NC(=O)[C@H](CCCN=C(N)N)NC(=O)[C@H](C)O)C(=O)N[C@@H](Cc1ccc(O)cc1)C(=O)N[C@H](C(=O)N[C@@H](Cc1cnc[nH]1)C(=O)N1CCC[C@H]1C(=O)N[C@H](Cc1ccccc1)C(=O)O)C(C)C. The molecule has 1 aromatic heterocycles. The molecule has 1 fully saturated rings. The van der Waals surface area contributed by atoms with E-state index in [2.05, 4.69) is 46.9 Å². The summed E-state index contributed by atoms with van der Waals surface area (Å²) in [5.74, 6) is -7.91. The Hall–Kier alpha value is -7.56. The van der Waals surface area contributed by atoms with E-state index in [1.54, 1.807) is 58.0 Å². The Morgan fingerprint density at radius 2 is 1.28 bits per heavy atom. The lowest BCUT2D eigenvalue weighted by atomic mass is 9.98. The van der Waals surface area contributed by atoms with Gasteiger partial charge in [0.15, 0.2) is 5.96 Å². The summed E-state index contributed by atoms with van der Waals surface area (Å²) in [4.78, 5) is 122. The molecule has 23 nitrogen and oxygen atoms in total. The number of carbonyl (C=O) groups is 8. The number of aliphatic carboxylic acids is 1. The fourth-order valence-corrected chi connectivity index (χ4v) is 7.88. The third kappa shape index (κ3) is 17.4. The number of likely N-dealkylation sites (tertiary alicyclic amines) is 1. The predicted molar refractivity (Wildman–Crippen MR) is 259 cm³/mol. The van der Waals surface area contributed by atoms with Gasteiger partial charge in [0.25, 0.3) is 0 Å². The second kappa shape index (κ2) is 27.0. The highest BCUT2D eigenvalue weighted by Gasteiger charge is 2.41. The molecule has 1 aliphatic rings. The van der Waals surface area contributed by atoms with Gasteiger partial charge >= 0.3 is 5.97 Å². The Morgan fingerprint density at radius 3 is 1.83 bits per heavy atom. The van der Waals surface area contributed by atoms with Gasteiger partial charge < -0.3 is 68.6 Å². The topological polar surface area (TPSA) is 366 Å². The summed E-state index contributed by atoms with van der Waals surface area (Å²) < 4.78 is 0. The molecule has 386 valence electrons. The fraction of sp³-hybridized carbons (Fsp3) is 0.500. The van der Waals surface area contributed by atoms with Crippen LogP contribution in [0.2, 0.25) is 0 Å². The number of aliphatic hydroxyl groups is 1. The van der Waals surface area contributed by atoms with Crippen LogP contribution in [-0.4, -0.2) is 145 Å². The molecule has 1 aliphatic heterocycles. The third-order valence-electron chi connectivity index (χ3n) is 11.8. The van der Waals surface area contributed by atoms with E-state index in [-0.39, 0.29) is 63.3 Å². The first-order valence-electron chi connectivity index (χ1n) is 23.5. The van der Waals surface area contributed by atoms with Gasteiger partial charge in [-0.3, -0.25) is 38.6 Å². The zero-order valence-electron chi connectivity index (χ0n) is 40.6. The van der Waals surface area contributed by atoms with Gasteiger partial charge in [-0.05, 0) is 67.7 Å². The number of carboxylic acid groups (broad SMARTS) is 1. The van der Waals surface area contributed by atoms with Gasteiger partial charge in [0, 0.05) is 44.2 Å². The number of aliphatic hydroxyl groups excluding tert-OH is 1. The predicted octanol–water partition coefficient (Wildman–Crippen LogP) is -1.13. The quantitative estimate of drug-likeness (QED) is 0.0258. The average molecular weight is 989 g/mol. The number of aromatic nitrogens is 2. The van der Waals surface area contributed by atoms with Crippen molar-refractivity contribution in [3.8, 4) is 5.75 Å². The molecule has 0 saturated carbocycles. The van der Waals surface area contributed by atoms with E-state index in [0.717, 1.165) is 0 Å². The number of phenols is 1. The van der Waals surface area contributed by atoms with Crippen molar-refractivity contribution in [3.63, 3.8) is 0 Å². The summed E-state index contributed by atoms with van der Waals surface area (Å²) in [6, 6.07) is 5.84. The molecule has 2 heterocycles.